The second-order valence-electron chi connectivity index (χ2n) is 9.48. The number of hydrogen-bond donors (Lipinski definition) is 1. The molecule has 28 heavy (non-hydrogen) atoms. The van der Waals surface area contributed by atoms with E-state index >= 15 is 0 Å². The lowest BCUT2D eigenvalue weighted by Crippen LogP contribution is -2.56. The first-order valence-electron chi connectivity index (χ1n) is 9.87. The predicted molar refractivity (Wildman–Crippen MR) is 105 cm³/mol. The summed E-state index contributed by atoms with van der Waals surface area (Å²) in [6, 6.07) is 3.68. The van der Waals surface area contributed by atoms with Crippen LogP contribution in [0.25, 0.3) is 0 Å². The van der Waals surface area contributed by atoms with Gasteiger partial charge in [0.25, 0.3) is 5.91 Å². The van der Waals surface area contributed by atoms with Crippen molar-refractivity contribution in [1.29, 1.82) is 0 Å². The monoisotopic (exact) mass is 401 g/mol. The lowest BCUT2D eigenvalue weighted by molar-refractivity contribution is -0.150. The summed E-state index contributed by atoms with van der Waals surface area (Å²) in [4.78, 5) is 44.1. The van der Waals surface area contributed by atoms with Crippen LogP contribution in [0.1, 0.15) is 44.7 Å². The molecule has 1 spiro atoms. The van der Waals surface area contributed by atoms with Crippen LogP contribution in [0.15, 0.2) is 12.1 Å². The SMILES string of the molecule is Cc1cc(Cl)c2c(c1)C1(C(=O)N2)C2C(=O)N(C(C)(C)C)C(=O)C2C2CCCN21. The number of carbonyl (C=O) groups excluding carboxylic acids is 3. The summed E-state index contributed by atoms with van der Waals surface area (Å²) in [6.45, 7) is 8.23. The number of nitrogens with one attached hydrogen (secondary N) is 1. The Hall–Kier alpha value is -1.92. The van der Waals surface area contributed by atoms with Crippen LogP contribution >= 0.6 is 11.6 Å². The molecular weight excluding hydrogens is 378 g/mol. The zero-order valence-corrected chi connectivity index (χ0v) is 17.3. The number of fused-ring (bicyclic) bond motifs is 7. The van der Waals surface area contributed by atoms with Gasteiger partial charge in [-0.2, -0.15) is 0 Å². The fourth-order valence-electron chi connectivity index (χ4n) is 6.06. The molecule has 4 aliphatic heterocycles. The van der Waals surface area contributed by atoms with E-state index in [1.54, 1.807) is 0 Å². The molecule has 6 nitrogen and oxygen atoms in total. The van der Waals surface area contributed by atoms with Crippen LogP contribution in [0.3, 0.4) is 0 Å². The molecule has 4 aliphatic rings. The lowest BCUT2D eigenvalue weighted by Gasteiger charge is -2.38. The molecule has 0 radical (unpaired) electrons. The summed E-state index contributed by atoms with van der Waals surface area (Å²) in [5.74, 6) is -1.80. The highest BCUT2D eigenvalue weighted by molar-refractivity contribution is 6.35. The fourth-order valence-corrected chi connectivity index (χ4v) is 6.38. The standard InChI is InChI=1S/C21H24ClN3O3/c1-10-8-11-16(12(22)9-10)23-19(28)21(11)15-14(13-6-5-7-24(13)21)17(26)25(18(15)27)20(2,3)4/h8-9,13-15H,5-7H2,1-4H3,(H,23,28). The largest absolute Gasteiger partial charge is 0.323 e. The van der Waals surface area contributed by atoms with Gasteiger partial charge in [-0.25, -0.2) is 0 Å². The van der Waals surface area contributed by atoms with Crippen LogP contribution in [-0.2, 0) is 19.9 Å². The molecule has 1 N–H and O–H groups in total. The Morgan fingerprint density at radius 3 is 2.57 bits per heavy atom. The first kappa shape index (κ1) is 18.1. The summed E-state index contributed by atoms with van der Waals surface area (Å²) >= 11 is 6.46. The zero-order valence-electron chi connectivity index (χ0n) is 16.5. The van der Waals surface area contributed by atoms with Crippen LogP contribution in [0.4, 0.5) is 5.69 Å². The second kappa shape index (κ2) is 5.36. The summed E-state index contributed by atoms with van der Waals surface area (Å²) < 4.78 is 0. The van der Waals surface area contributed by atoms with Gasteiger partial charge in [0.1, 0.15) is 5.54 Å². The van der Waals surface area contributed by atoms with Gasteiger partial charge in [-0.1, -0.05) is 17.7 Å². The van der Waals surface area contributed by atoms with E-state index in [1.165, 1.54) is 4.90 Å². The Morgan fingerprint density at radius 2 is 1.89 bits per heavy atom. The third-order valence-electron chi connectivity index (χ3n) is 6.87. The van der Waals surface area contributed by atoms with Crippen molar-refractivity contribution in [2.24, 2.45) is 11.8 Å². The molecule has 148 valence electrons. The van der Waals surface area contributed by atoms with Crippen molar-refractivity contribution < 1.29 is 14.4 Å². The number of carbonyl (C=O) groups is 3. The van der Waals surface area contributed by atoms with E-state index in [-0.39, 0.29) is 23.8 Å². The first-order valence-corrected chi connectivity index (χ1v) is 10.2. The van der Waals surface area contributed by atoms with Gasteiger partial charge < -0.3 is 5.32 Å². The molecule has 0 saturated carbocycles. The van der Waals surface area contributed by atoms with Crippen molar-refractivity contribution in [3.8, 4) is 0 Å². The van der Waals surface area contributed by atoms with E-state index in [1.807, 2.05) is 39.8 Å². The Morgan fingerprint density at radius 1 is 1.18 bits per heavy atom. The van der Waals surface area contributed by atoms with Crippen LogP contribution in [-0.4, -0.2) is 45.6 Å². The maximum absolute atomic E-state index is 13.6. The van der Waals surface area contributed by atoms with E-state index in [2.05, 4.69) is 10.2 Å². The smallest absolute Gasteiger partial charge is 0.250 e. The highest BCUT2D eigenvalue weighted by Gasteiger charge is 2.75. The van der Waals surface area contributed by atoms with Crippen molar-refractivity contribution in [2.45, 2.75) is 57.7 Å². The number of anilines is 1. The lowest BCUT2D eigenvalue weighted by atomic mass is 9.75. The topological polar surface area (TPSA) is 69.7 Å². The molecular formula is C21H24ClN3O3. The molecule has 7 heteroatoms. The van der Waals surface area contributed by atoms with Gasteiger partial charge in [0.05, 0.1) is 22.5 Å². The van der Waals surface area contributed by atoms with Crippen LogP contribution in [0.2, 0.25) is 5.02 Å². The summed E-state index contributed by atoms with van der Waals surface area (Å²) in [6.07, 6.45) is 1.73. The number of benzene rings is 1. The average molecular weight is 402 g/mol. The van der Waals surface area contributed by atoms with Crippen molar-refractivity contribution in [3.63, 3.8) is 0 Å². The quantitative estimate of drug-likeness (QED) is 0.678. The summed E-state index contributed by atoms with van der Waals surface area (Å²) in [5.41, 5.74) is 0.495. The van der Waals surface area contributed by atoms with E-state index in [4.69, 9.17) is 11.6 Å². The fraction of sp³-hybridized carbons (Fsp3) is 0.571. The number of amides is 3. The van der Waals surface area contributed by atoms with E-state index in [0.29, 0.717) is 17.3 Å². The molecule has 4 heterocycles. The van der Waals surface area contributed by atoms with E-state index < -0.39 is 22.9 Å². The van der Waals surface area contributed by atoms with E-state index in [9.17, 15) is 14.4 Å². The van der Waals surface area contributed by atoms with Crippen LogP contribution in [0, 0.1) is 18.8 Å². The minimum absolute atomic E-state index is 0.0928. The number of aryl methyl sites for hydroxylation is 1. The Bertz CT molecular complexity index is 953. The molecule has 0 aromatic heterocycles. The molecule has 1 aromatic carbocycles. The van der Waals surface area contributed by atoms with Crippen molar-refractivity contribution in [3.05, 3.63) is 28.3 Å². The maximum Gasteiger partial charge on any atom is 0.250 e. The third-order valence-corrected chi connectivity index (χ3v) is 7.17. The Kier molecular flexibility index (Phi) is 3.47. The minimum Gasteiger partial charge on any atom is -0.323 e. The summed E-state index contributed by atoms with van der Waals surface area (Å²) in [5, 5.41) is 3.42. The van der Waals surface area contributed by atoms with Crippen molar-refractivity contribution in [1.82, 2.24) is 9.80 Å². The molecule has 3 saturated heterocycles. The zero-order chi connectivity index (χ0) is 20.2. The number of halogens is 1. The number of nitrogens with zero attached hydrogens (tertiary/aromatic N) is 2. The van der Waals surface area contributed by atoms with Gasteiger partial charge in [0.15, 0.2) is 0 Å². The van der Waals surface area contributed by atoms with Gasteiger partial charge >= 0.3 is 0 Å². The van der Waals surface area contributed by atoms with Crippen molar-refractivity contribution >= 4 is 35.0 Å². The van der Waals surface area contributed by atoms with Crippen LogP contribution in [0.5, 0.6) is 0 Å². The molecule has 4 unspecified atom stereocenters. The van der Waals surface area contributed by atoms with Gasteiger partial charge in [-0.15, -0.1) is 0 Å². The molecule has 0 aliphatic carbocycles. The highest BCUT2D eigenvalue weighted by Crippen LogP contribution is 2.61. The molecule has 4 atom stereocenters. The normalized spacial score (nSPS) is 34.2. The predicted octanol–water partition coefficient (Wildman–Crippen LogP) is 2.67. The van der Waals surface area contributed by atoms with Gasteiger partial charge in [-0.05, 0) is 58.7 Å². The van der Waals surface area contributed by atoms with Gasteiger partial charge in [0, 0.05) is 17.1 Å². The molecule has 5 rings (SSSR count). The second-order valence-corrected chi connectivity index (χ2v) is 9.89. The van der Waals surface area contributed by atoms with E-state index in [0.717, 1.165) is 24.0 Å². The highest BCUT2D eigenvalue weighted by atomic mass is 35.5. The molecule has 1 aromatic rings. The number of hydrogen-bond acceptors (Lipinski definition) is 4. The molecule has 0 bridgehead atoms. The number of rotatable bonds is 0. The number of imide groups is 1. The summed E-state index contributed by atoms with van der Waals surface area (Å²) in [7, 11) is 0. The first-order chi connectivity index (χ1) is 13.1. The van der Waals surface area contributed by atoms with Gasteiger partial charge in [0.2, 0.25) is 11.8 Å². The number of likely N-dealkylation sites (tertiary alicyclic amines) is 1. The van der Waals surface area contributed by atoms with Crippen LogP contribution < -0.4 is 5.32 Å². The average Bonchev–Trinajstić information content (AvgIpc) is 3.25. The maximum atomic E-state index is 13.6. The Balaban J connectivity index is 1.78. The molecule has 3 fully saturated rings. The van der Waals surface area contributed by atoms with Gasteiger partial charge in [-0.3, -0.25) is 24.2 Å². The minimum atomic E-state index is -1.15. The van der Waals surface area contributed by atoms with Crippen molar-refractivity contribution in [2.75, 3.05) is 11.9 Å². The molecule has 3 amide bonds. The Labute approximate surface area is 169 Å². The third kappa shape index (κ3) is 1.90.